The largest absolute Gasteiger partial charge is 0.493 e. The van der Waals surface area contributed by atoms with Crippen LogP contribution in [0, 0.1) is 13.8 Å². The van der Waals surface area contributed by atoms with Crippen molar-refractivity contribution in [3.63, 3.8) is 0 Å². The normalized spacial score (nSPS) is 11.9. The maximum Gasteiger partial charge on any atom is 0.357 e. The number of unbranched alkanes of at least 4 members (excludes halogenated alkanes) is 1. The van der Waals surface area contributed by atoms with Gasteiger partial charge in [0.1, 0.15) is 11.4 Å². The number of carbonyl (C=O) groups excluding carboxylic acids is 3. The molecule has 0 saturated carbocycles. The lowest BCUT2D eigenvalue weighted by Gasteiger charge is -2.19. The molecule has 228 valence electrons. The van der Waals surface area contributed by atoms with Crippen LogP contribution in [0.4, 0.5) is 5.69 Å². The second-order valence-electron chi connectivity index (χ2n) is 10.7. The average molecular weight is 613 g/mol. The fraction of sp³-hybridized carbons (Fsp3) is 0.294. The minimum absolute atomic E-state index is 0.0743. The molecule has 1 aliphatic rings. The number of anilines is 1. The maximum absolute atomic E-state index is 14.2. The maximum atomic E-state index is 14.2. The standard InChI is InChI=1S/C34H36N4O5S/c1-5-6-11-36-33(40)27-8-7-23(30(37-27)34(41)42-4)24-17-28-26(31-22(9-12-43-28)10-13-44-31)16-25(24)32(39)38-29-19(2)14-21(18-35)15-20(29)3/h7-8,10,13-17H,5-6,9,11-12,18,35H2,1-4H3,(H,36,40)(H,38,39). The van der Waals surface area contributed by atoms with E-state index in [4.69, 9.17) is 15.2 Å². The summed E-state index contributed by atoms with van der Waals surface area (Å²) in [6.07, 6.45) is 2.47. The molecule has 0 saturated heterocycles. The molecule has 0 spiro atoms. The molecular formula is C34H36N4O5S. The van der Waals surface area contributed by atoms with Crippen LogP contribution in [0.5, 0.6) is 5.75 Å². The van der Waals surface area contributed by atoms with Crippen LogP contribution in [0.15, 0.2) is 47.8 Å². The SMILES string of the molecule is CCCCNC(=O)c1ccc(-c2cc3c(cc2C(=O)Nc2c(C)cc(CN)cc2C)-c2sccc2CCO3)c(C(=O)OC)n1. The summed E-state index contributed by atoms with van der Waals surface area (Å²) in [7, 11) is 1.25. The van der Waals surface area contributed by atoms with Crippen LogP contribution in [0.3, 0.4) is 0 Å². The molecule has 2 aromatic heterocycles. The highest BCUT2D eigenvalue weighted by Gasteiger charge is 2.27. The van der Waals surface area contributed by atoms with Gasteiger partial charge < -0.3 is 25.8 Å². The first-order valence-corrected chi connectivity index (χ1v) is 15.5. The van der Waals surface area contributed by atoms with Gasteiger partial charge in [0.15, 0.2) is 5.69 Å². The molecule has 0 bridgehead atoms. The molecule has 1 aliphatic heterocycles. The summed E-state index contributed by atoms with van der Waals surface area (Å²) in [5, 5.41) is 7.96. The summed E-state index contributed by atoms with van der Waals surface area (Å²) < 4.78 is 11.3. The first kappa shape index (κ1) is 30.9. The van der Waals surface area contributed by atoms with E-state index in [1.807, 2.05) is 44.4 Å². The molecule has 9 nitrogen and oxygen atoms in total. The lowest BCUT2D eigenvalue weighted by molar-refractivity contribution is 0.0594. The summed E-state index contributed by atoms with van der Waals surface area (Å²) in [6.45, 7) is 7.23. The van der Waals surface area contributed by atoms with E-state index in [1.165, 1.54) is 7.11 Å². The van der Waals surface area contributed by atoms with Crippen molar-refractivity contribution in [2.75, 3.05) is 25.6 Å². The molecule has 5 rings (SSSR count). The van der Waals surface area contributed by atoms with Crippen LogP contribution < -0.4 is 21.1 Å². The van der Waals surface area contributed by atoms with Gasteiger partial charge in [-0.05, 0) is 78.2 Å². The number of fused-ring (bicyclic) bond motifs is 3. The van der Waals surface area contributed by atoms with Crippen molar-refractivity contribution in [1.82, 2.24) is 10.3 Å². The number of aryl methyl sites for hydroxylation is 2. The lowest BCUT2D eigenvalue weighted by Crippen LogP contribution is -2.26. The van der Waals surface area contributed by atoms with Gasteiger partial charge in [0, 0.05) is 52.3 Å². The molecule has 4 aromatic rings. The molecule has 44 heavy (non-hydrogen) atoms. The van der Waals surface area contributed by atoms with Crippen molar-refractivity contribution in [2.45, 2.75) is 46.6 Å². The number of thiophene rings is 1. The Morgan fingerprint density at radius 1 is 1.02 bits per heavy atom. The molecule has 0 atom stereocenters. The predicted octanol–water partition coefficient (Wildman–Crippen LogP) is 6.06. The number of benzene rings is 2. The van der Waals surface area contributed by atoms with Crippen molar-refractivity contribution in [3.05, 3.63) is 87.0 Å². The molecule has 0 aliphatic carbocycles. The van der Waals surface area contributed by atoms with E-state index in [9.17, 15) is 14.4 Å². The Morgan fingerprint density at radius 3 is 2.50 bits per heavy atom. The highest BCUT2D eigenvalue weighted by molar-refractivity contribution is 7.13. The number of nitrogens with two attached hydrogens (primary N) is 1. The number of hydrogen-bond donors (Lipinski definition) is 3. The Labute approximate surface area is 260 Å². The number of esters is 1. The smallest absolute Gasteiger partial charge is 0.357 e. The van der Waals surface area contributed by atoms with Crippen molar-refractivity contribution in [3.8, 4) is 27.3 Å². The van der Waals surface area contributed by atoms with Gasteiger partial charge in [-0.25, -0.2) is 9.78 Å². The van der Waals surface area contributed by atoms with Gasteiger partial charge in [-0.1, -0.05) is 25.5 Å². The van der Waals surface area contributed by atoms with Crippen LogP contribution in [-0.2, 0) is 17.7 Å². The molecule has 3 heterocycles. The van der Waals surface area contributed by atoms with Gasteiger partial charge in [-0.2, -0.15) is 0 Å². The van der Waals surface area contributed by atoms with Gasteiger partial charge in [0.25, 0.3) is 11.8 Å². The molecule has 0 fully saturated rings. The third-order valence-corrected chi connectivity index (χ3v) is 8.65. The lowest BCUT2D eigenvalue weighted by atomic mass is 9.93. The number of amides is 2. The van der Waals surface area contributed by atoms with Gasteiger partial charge in [-0.15, -0.1) is 11.3 Å². The van der Waals surface area contributed by atoms with Crippen molar-refractivity contribution in [1.29, 1.82) is 0 Å². The van der Waals surface area contributed by atoms with Crippen LogP contribution in [0.25, 0.3) is 21.6 Å². The monoisotopic (exact) mass is 612 g/mol. The highest BCUT2D eigenvalue weighted by Crippen LogP contribution is 2.43. The van der Waals surface area contributed by atoms with Gasteiger partial charge >= 0.3 is 5.97 Å². The number of nitrogens with zero attached hydrogens (tertiary/aromatic N) is 1. The van der Waals surface area contributed by atoms with E-state index in [0.29, 0.717) is 47.8 Å². The zero-order valence-electron chi connectivity index (χ0n) is 25.3. The van der Waals surface area contributed by atoms with Crippen LogP contribution >= 0.6 is 11.3 Å². The van der Waals surface area contributed by atoms with Crippen molar-refractivity contribution < 1.29 is 23.9 Å². The minimum Gasteiger partial charge on any atom is -0.493 e. The van der Waals surface area contributed by atoms with E-state index in [-0.39, 0.29) is 17.3 Å². The zero-order chi connectivity index (χ0) is 31.4. The minimum atomic E-state index is -0.727. The Balaban J connectivity index is 1.67. The predicted molar refractivity (Wildman–Crippen MR) is 173 cm³/mol. The molecule has 4 N–H and O–H groups in total. The fourth-order valence-corrected chi connectivity index (χ4v) is 6.38. The van der Waals surface area contributed by atoms with E-state index < -0.39 is 11.9 Å². The summed E-state index contributed by atoms with van der Waals surface area (Å²) in [6, 6.07) is 12.8. The van der Waals surface area contributed by atoms with E-state index in [0.717, 1.165) is 52.0 Å². The highest BCUT2D eigenvalue weighted by atomic mass is 32.1. The average Bonchev–Trinajstić information content (AvgIpc) is 3.43. The van der Waals surface area contributed by atoms with Crippen molar-refractivity contribution >= 4 is 34.8 Å². The fourth-order valence-electron chi connectivity index (χ4n) is 5.40. The van der Waals surface area contributed by atoms with E-state index >= 15 is 0 Å². The summed E-state index contributed by atoms with van der Waals surface area (Å²) >= 11 is 1.59. The van der Waals surface area contributed by atoms with Crippen LogP contribution in [-0.4, -0.2) is 43.0 Å². The Kier molecular flexibility index (Phi) is 9.41. The third kappa shape index (κ3) is 6.22. The number of carbonyl (C=O) groups is 3. The summed E-state index contributed by atoms with van der Waals surface area (Å²) in [5.41, 5.74) is 12.3. The first-order valence-electron chi connectivity index (χ1n) is 14.6. The molecular weight excluding hydrogens is 576 g/mol. The van der Waals surface area contributed by atoms with Crippen molar-refractivity contribution in [2.24, 2.45) is 5.73 Å². The van der Waals surface area contributed by atoms with Crippen LogP contribution in [0.2, 0.25) is 0 Å². The summed E-state index contributed by atoms with van der Waals surface area (Å²) in [4.78, 5) is 45.5. The van der Waals surface area contributed by atoms with Gasteiger partial charge in [-0.3, -0.25) is 9.59 Å². The topological polar surface area (TPSA) is 133 Å². The summed E-state index contributed by atoms with van der Waals surface area (Å²) in [5.74, 6) is -0.894. The molecule has 0 radical (unpaired) electrons. The molecule has 2 aromatic carbocycles. The first-order chi connectivity index (χ1) is 21.2. The third-order valence-electron chi connectivity index (χ3n) is 7.66. The van der Waals surface area contributed by atoms with E-state index in [2.05, 4.69) is 21.7 Å². The molecule has 0 unspecified atom stereocenters. The molecule has 10 heteroatoms. The number of pyridine rings is 1. The second-order valence-corrected chi connectivity index (χ2v) is 11.6. The number of nitrogens with one attached hydrogen (secondary N) is 2. The number of rotatable bonds is 9. The van der Waals surface area contributed by atoms with Gasteiger partial charge in [0.2, 0.25) is 0 Å². The van der Waals surface area contributed by atoms with Crippen LogP contribution in [0.1, 0.15) is 73.4 Å². The quantitative estimate of drug-likeness (QED) is 0.155. The Bertz CT molecular complexity index is 1720. The van der Waals surface area contributed by atoms with E-state index in [1.54, 1.807) is 29.5 Å². The zero-order valence-corrected chi connectivity index (χ0v) is 26.2. The molecule has 2 amide bonds. The Hall–Kier alpha value is -4.54. The number of ether oxygens (including phenoxy) is 2. The number of aromatic nitrogens is 1. The number of methoxy groups -OCH3 is 1. The second kappa shape index (κ2) is 13.4. The number of hydrogen-bond acceptors (Lipinski definition) is 8. The Morgan fingerprint density at radius 2 is 1.80 bits per heavy atom. The van der Waals surface area contributed by atoms with Gasteiger partial charge in [0.05, 0.1) is 13.7 Å².